The molecule has 1 amide bonds. The summed E-state index contributed by atoms with van der Waals surface area (Å²) in [7, 11) is 0. The SMILES string of the molecule is N#Cc1cccc(Oc2ccc(-n3ncc(C(=O)c4cc5cc(C(=O)N6CCOCC6)ccc5[nH]4)c3N)c(O)c2)c1. The number of benzene rings is 3. The Morgan fingerprint density at radius 1 is 1.05 bits per heavy atom. The molecule has 3 heterocycles. The number of rotatable bonds is 6. The van der Waals surface area contributed by atoms with E-state index >= 15 is 0 Å². The first kappa shape index (κ1) is 25.7. The van der Waals surface area contributed by atoms with Crippen LogP contribution in [-0.4, -0.2) is 62.8 Å². The van der Waals surface area contributed by atoms with Crippen molar-refractivity contribution < 1.29 is 24.2 Å². The number of ether oxygens (including phenoxy) is 2. The second-order valence-electron chi connectivity index (χ2n) is 9.47. The molecule has 1 aliphatic heterocycles. The minimum Gasteiger partial charge on any atom is -0.506 e. The van der Waals surface area contributed by atoms with Gasteiger partial charge in [-0.3, -0.25) is 9.59 Å². The Morgan fingerprint density at radius 2 is 1.85 bits per heavy atom. The average molecular weight is 549 g/mol. The van der Waals surface area contributed by atoms with E-state index in [4.69, 9.17) is 20.5 Å². The van der Waals surface area contributed by atoms with Crippen LogP contribution >= 0.6 is 0 Å². The number of nitrogens with one attached hydrogen (secondary N) is 1. The van der Waals surface area contributed by atoms with E-state index in [0.29, 0.717) is 59.8 Å². The Bertz CT molecular complexity index is 1840. The van der Waals surface area contributed by atoms with Crippen molar-refractivity contribution in [2.24, 2.45) is 0 Å². The Kier molecular flexibility index (Phi) is 6.58. The predicted octanol–water partition coefficient (Wildman–Crippen LogP) is 4.01. The van der Waals surface area contributed by atoms with Crippen molar-refractivity contribution in [3.63, 3.8) is 0 Å². The number of nitriles is 1. The molecule has 0 aliphatic carbocycles. The normalized spacial score (nSPS) is 13.2. The number of ketones is 1. The Morgan fingerprint density at radius 3 is 2.63 bits per heavy atom. The smallest absolute Gasteiger partial charge is 0.254 e. The lowest BCUT2D eigenvalue weighted by molar-refractivity contribution is 0.0303. The monoisotopic (exact) mass is 548 g/mol. The van der Waals surface area contributed by atoms with E-state index in [1.807, 2.05) is 6.07 Å². The second-order valence-corrected chi connectivity index (χ2v) is 9.47. The number of carbonyl (C=O) groups is 2. The van der Waals surface area contributed by atoms with E-state index in [1.54, 1.807) is 65.6 Å². The van der Waals surface area contributed by atoms with Crippen molar-refractivity contribution in [3.05, 3.63) is 95.3 Å². The lowest BCUT2D eigenvalue weighted by Crippen LogP contribution is -2.40. The molecule has 0 radical (unpaired) electrons. The standard InChI is InChI=1S/C30H24N6O5/c31-16-18-2-1-3-21(12-18)41-22-5-7-26(27(37)15-22)36-29(32)23(17-33-36)28(38)25-14-20-13-19(4-6-24(20)34-25)30(39)35-8-10-40-11-9-35/h1-7,12-15,17,34,37H,8-11,32H2. The molecule has 0 saturated carbocycles. The lowest BCUT2D eigenvalue weighted by Gasteiger charge is -2.26. The topological polar surface area (TPSA) is 159 Å². The van der Waals surface area contributed by atoms with E-state index in [0.717, 1.165) is 0 Å². The number of nitrogens with two attached hydrogens (primary N) is 1. The molecule has 3 aromatic carbocycles. The molecule has 1 aliphatic rings. The number of nitrogen functional groups attached to an aromatic ring is 1. The van der Waals surface area contributed by atoms with E-state index in [-0.39, 0.29) is 40.2 Å². The number of anilines is 1. The first-order valence-corrected chi connectivity index (χ1v) is 12.8. The fraction of sp³-hybridized carbons (Fsp3) is 0.133. The summed E-state index contributed by atoms with van der Waals surface area (Å²) in [5, 5.41) is 24.7. The average Bonchev–Trinajstić information content (AvgIpc) is 3.60. The maximum absolute atomic E-state index is 13.4. The molecule has 5 aromatic rings. The fourth-order valence-electron chi connectivity index (χ4n) is 4.72. The number of phenols is 1. The van der Waals surface area contributed by atoms with Crippen LogP contribution in [0.1, 0.15) is 32.0 Å². The van der Waals surface area contributed by atoms with Gasteiger partial charge in [-0.2, -0.15) is 10.4 Å². The third kappa shape index (κ3) is 4.95. The summed E-state index contributed by atoms with van der Waals surface area (Å²) in [6.07, 6.45) is 1.34. The molecule has 0 atom stereocenters. The minimum atomic E-state index is -0.386. The van der Waals surface area contributed by atoms with Crippen LogP contribution in [0.15, 0.2) is 72.9 Å². The molecular weight excluding hydrogens is 524 g/mol. The Labute approximate surface area is 233 Å². The summed E-state index contributed by atoms with van der Waals surface area (Å²) in [6.45, 7) is 2.11. The van der Waals surface area contributed by atoms with E-state index in [2.05, 4.69) is 10.1 Å². The highest BCUT2D eigenvalue weighted by molar-refractivity contribution is 6.13. The zero-order chi connectivity index (χ0) is 28.5. The van der Waals surface area contributed by atoms with Crippen LogP contribution in [-0.2, 0) is 4.74 Å². The molecule has 204 valence electrons. The number of fused-ring (bicyclic) bond motifs is 1. The number of carbonyl (C=O) groups excluding carboxylic acids is 2. The van der Waals surface area contributed by atoms with Gasteiger partial charge >= 0.3 is 0 Å². The molecule has 2 aromatic heterocycles. The number of amides is 1. The molecule has 41 heavy (non-hydrogen) atoms. The van der Waals surface area contributed by atoms with Gasteiger partial charge in [0.15, 0.2) is 0 Å². The molecule has 0 unspecified atom stereocenters. The van der Waals surface area contributed by atoms with Crippen LogP contribution in [0, 0.1) is 11.3 Å². The van der Waals surface area contributed by atoms with Crippen molar-refractivity contribution in [1.82, 2.24) is 19.7 Å². The van der Waals surface area contributed by atoms with Gasteiger partial charge in [0.1, 0.15) is 28.8 Å². The zero-order valence-corrected chi connectivity index (χ0v) is 21.7. The summed E-state index contributed by atoms with van der Waals surface area (Å²) in [5.41, 5.74) is 8.67. The van der Waals surface area contributed by atoms with Gasteiger partial charge in [0.25, 0.3) is 5.91 Å². The summed E-state index contributed by atoms with van der Waals surface area (Å²) in [5.74, 6) is 0.189. The summed E-state index contributed by atoms with van der Waals surface area (Å²) in [4.78, 5) is 31.1. The van der Waals surface area contributed by atoms with E-state index in [1.165, 1.54) is 16.9 Å². The lowest BCUT2D eigenvalue weighted by atomic mass is 10.1. The van der Waals surface area contributed by atoms with Crippen LogP contribution in [0.5, 0.6) is 17.2 Å². The zero-order valence-electron chi connectivity index (χ0n) is 21.7. The molecule has 11 nitrogen and oxygen atoms in total. The molecule has 1 fully saturated rings. The third-order valence-electron chi connectivity index (χ3n) is 6.84. The molecule has 0 spiro atoms. The number of aromatic hydroxyl groups is 1. The Hall–Kier alpha value is -5.60. The highest BCUT2D eigenvalue weighted by atomic mass is 16.5. The van der Waals surface area contributed by atoms with Crippen molar-refractivity contribution >= 4 is 28.4 Å². The van der Waals surface area contributed by atoms with Gasteiger partial charge in [-0.05, 0) is 54.6 Å². The van der Waals surface area contributed by atoms with Crippen LogP contribution in [0.25, 0.3) is 16.6 Å². The van der Waals surface area contributed by atoms with Gasteiger partial charge in [0.05, 0.1) is 42.3 Å². The van der Waals surface area contributed by atoms with E-state index in [9.17, 15) is 14.7 Å². The highest BCUT2D eigenvalue weighted by Crippen LogP contribution is 2.32. The fourth-order valence-corrected chi connectivity index (χ4v) is 4.72. The largest absolute Gasteiger partial charge is 0.506 e. The summed E-state index contributed by atoms with van der Waals surface area (Å²) >= 11 is 0. The molecule has 4 N–H and O–H groups in total. The summed E-state index contributed by atoms with van der Waals surface area (Å²) < 4.78 is 12.3. The number of hydrogen-bond acceptors (Lipinski definition) is 8. The third-order valence-corrected chi connectivity index (χ3v) is 6.84. The highest BCUT2D eigenvalue weighted by Gasteiger charge is 2.22. The minimum absolute atomic E-state index is 0.0440. The van der Waals surface area contributed by atoms with Gasteiger partial charge in [0, 0.05) is 35.6 Å². The maximum Gasteiger partial charge on any atom is 0.254 e. The number of H-pyrrole nitrogens is 1. The molecular formula is C30H24N6O5. The van der Waals surface area contributed by atoms with Gasteiger partial charge in [0.2, 0.25) is 5.78 Å². The predicted molar refractivity (Wildman–Crippen MR) is 149 cm³/mol. The van der Waals surface area contributed by atoms with Crippen molar-refractivity contribution in [2.45, 2.75) is 0 Å². The van der Waals surface area contributed by atoms with Crippen LogP contribution in [0.4, 0.5) is 5.82 Å². The first-order chi connectivity index (χ1) is 19.9. The van der Waals surface area contributed by atoms with Gasteiger partial charge in [-0.25, -0.2) is 4.68 Å². The number of aromatic nitrogens is 3. The number of phenolic OH excluding ortho intramolecular Hbond substituents is 1. The maximum atomic E-state index is 13.4. The number of nitrogens with zero attached hydrogens (tertiary/aromatic N) is 4. The van der Waals surface area contributed by atoms with Crippen molar-refractivity contribution in [3.8, 4) is 29.0 Å². The Balaban J connectivity index is 1.23. The van der Waals surface area contributed by atoms with Crippen molar-refractivity contribution in [1.29, 1.82) is 5.26 Å². The van der Waals surface area contributed by atoms with E-state index < -0.39 is 0 Å². The number of aromatic amines is 1. The van der Waals surface area contributed by atoms with Crippen molar-refractivity contribution in [2.75, 3.05) is 32.0 Å². The van der Waals surface area contributed by atoms with Gasteiger partial charge in [-0.1, -0.05) is 6.07 Å². The number of morpholine rings is 1. The molecule has 1 saturated heterocycles. The number of hydrogen-bond donors (Lipinski definition) is 3. The van der Waals surface area contributed by atoms with Gasteiger partial charge < -0.3 is 30.2 Å². The van der Waals surface area contributed by atoms with Gasteiger partial charge in [-0.15, -0.1) is 0 Å². The molecule has 0 bridgehead atoms. The quantitative estimate of drug-likeness (QED) is 0.268. The van der Waals surface area contributed by atoms with Crippen LogP contribution in [0.2, 0.25) is 0 Å². The summed E-state index contributed by atoms with van der Waals surface area (Å²) in [6, 6.07) is 20.2. The molecule has 11 heteroatoms. The first-order valence-electron chi connectivity index (χ1n) is 12.8. The molecule has 6 rings (SSSR count). The van der Waals surface area contributed by atoms with Crippen LogP contribution < -0.4 is 10.5 Å². The second kappa shape index (κ2) is 10.5. The van der Waals surface area contributed by atoms with Crippen LogP contribution in [0.3, 0.4) is 0 Å².